The summed E-state index contributed by atoms with van der Waals surface area (Å²) in [4.78, 5) is 3.91. The molecule has 0 aliphatic heterocycles. The first-order valence-corrected chi connectivity index (χ1v) is 18.3. The molecule has 4 rings (SSSR count). The summed E-state index contributed by atoms with van der Waals surface area (Å²) in [6.45, 7) is 3.72. The standard InChI is InChI=1S/C30H23F6NO.2ClH.Zr/c1-19-13-20(18-37-25-16-23(29(31,32)33)15-24(17-25)30(34,35)36)27(38)26(14-19)28(2,21-9-5-3-6-10-21)22-11-7-4-8-12-22;;;/h3-18,38H,1-2H3;2*1H;/q;;;+2/p-2. The third-order valence-electron chi connectivity index (χ3n) is 6.45. The predicted molar refractivity (Wildman–Crippen MR) is 147 cm³/mol. The van der Waals surface area contributed by atoms with Gasteiger partial charge < -0.3 is 5.11 Å². The van der Waals surface area contributed by atoms with Crippen LogP contribution >= 0.6 is 17.0 Å². The van der Waals surface area contributed by atoms with Gasteiger partial charge in [0.05, 0.1) is 16.8 Å². The summed E-state index contributed by atoms with van der Waals surface area (Å²) in [5, 5.41) is 11.4. The molecule has 4 aromatic rings. The summed E-state index contributed by atoms with van der Waals surface area (Å²) >= 11 is -0.826. The van der Waals surface area contributed by atoms with Crippen molar-refractivity contribution in [1.82, 2.24) is 0 Å². The zero-order chi connectivity index (χ0) is 30.4. The van der Waals surface area contributed by atoms with Crippen LogP contribution in [0.2, 0.25) is 0 Å². The fourth-order valence-corrected chi connectivity index (χ4v) is 4.46. The van der Waals surface area contributed by atoms with Gasteiger partial charge in [0.1, 0.15) is 5.75 Å². The van der Waals surface area contributed by atoms with Crippen molar-refractivity contribution in [3.63, 3.8) is 0 Å². The van der Waals surface area contributed by atoms with Crippen molar-refractivity contribution in [1.29, 1.82) is 0 Å². The van der Waals surface area contributed by atoms with Crippen molar-refractivity contribution in [2.24, 2.45) is 4.99 Å². The molecule has 41 heavy (non-hydrogen) atoms. The van der Waals surface area contributed by atoms with E-state index in [1.807, 2.05) is 67.6 Å². The Hall–Kier alpha value is -2.61. The Morgan fingerprint density at radius 3 is 1.56 bits per heavy atom. The van der Waals surface area contributed by atoms with Crippen molar-refractivity contribution < 1.29 is 52.3 Å². The first-order chi connectivity index (χ1) is 19.2. The summed E-state index contributed by atoms with van der Waals surface area (Å²) < 4.78 is 79.6. The van der Waals surface area contributed by atoms with Crippen LogP contribution in [0.3, 0.4) is 0 Å². The number of halogens is 8. The number of aromatic hydroxyl groups is 1. The van der Waals surface area contributed by atoms with Gasteiger partial charge in [-0.05, 0) is 54.8 Å². The Morgan fingerprint density at radius 1 is 0.707 bits per heavy atom. The van der Waals surface area contributed by atoms with Crippen molar-refractivity contribution >= 4 is 28.9 Å². The van der Waals surface area contributed by atoms with Gasteiger partial charge in [-0.2, -0.15) is 26.3 Å². The molecule has 0 aliphatic rings. The molecule has 0 bridgehead atoms. The van der Waals surface area contributed by atoms with Gasteiger partial charge in [0.15, 0.2) is 0 Å². The molecule has 0 heterocycles. The van der Waals surface area contributed by atoms with Crippen molar-refractivity contribution in [3.8, 4) is 5.75 Å². The molecule has 0 fully saturated rings. The van der Waals surface area contributed by atoms with Crippen LogP contribution in [0.1, 0.15) is 45.9 Å². The van der Waals surface area contributed by atoms with Gasteiger partial charge in [0.2, 0.25) is 0 Å². The second-order valence-electron chi connectivity index (χ2n) is 9.20. The zero-order valence-electron chi connectivity index (χ0n) is 21.7. The Labute approximate surface area is 252 Å². The molecule has 0 radical (unpaired) electrons. The maximum atomic E-state index is 13.3. The summed E-state index contributed by atoms with van der Waals surface area (Å²) in [5.41, 5.74) is -1.16. The molecule has 0 saturated heterocycles. The van der Waals surface area contributed by atoms with Crippen LogP contribution in [-0.2, 0) is 38.6 Å². The maximum absolute atomic E-state index is 13.3. The number of benzene rings is 4. The van der Waals surface area contributed by atoms with Crippen LogP contribution in [0.15, 0.2) is 96.0 Å². The van der Waals surface area contributed by atoms with Crippen LogP contribution < -0.4 is 0 Å². The van der Waals surface area contributed by atoms with E-state index in [1.54, 1.807) is 19.1 Å². The number of alkyl halides is 6. The minimum absolute atomic E-state index is 0.0480. The average Bonchev–Trinajstić information content (AvgIpc) is 2.93. The van der Waals surface area contributed by atoms with Gasteiger partial charge in [0, 0.05) is 22.8 Å². The summed E-state index contributed by atoms with van der Waals surface area (Å²) in [6.07, 6.45) is -8.90. The number of phenols is 1. The first kappa shape index (κ1) is 32.9. The van der Waals surface area contributed by atoms with E-state index in [4.69, 9.17) is 17.0 Å². The van der Waals surface area contributed by atoms with E-state index in [1.165, 1.54) is 0 Å². The topological polar surface area (TPSA) is 32.6 Å². The number of aryl methyl sites for hydroxylation is 1. The third kappa shape index (κ3) is 8.03. The first-order valence-electron chi connectivity index (χ1n) is 12.0. The van der Waals surface area contributed by atoms with E-state index in [2.05, 4.69) is 4.99 Å². The Morgan fingerprint density at radius 2 is 1.15 bits per heavy atom. The zero-order valence-corrected chi connectivity index (χ0v) is 25.6. The van der Waals surface area contributed by atoms with Gasteiger partial charge in [0.25, 0.3) is 0 Å². The fraction of sp³-hybridized carbons (Fsp3) is 0.167. The average molecular weight is 690 g/mol. The van der Waals surface area contributed by atoms with Gasteiger partial charge in [-0.15, -0.1) is 0 Å². The monoisotopic (exact) mass is 687 g/mol. The molecule has 0 amide bonds. The molecule has 11 heteroatoms. The summed E-state index contributed by atoms with van der Waals surface area (Å²) in [6, 6.07) is 23.4. The molecule has 0 aromatic heterocycles. The molecular formula is C30H23Cl2F6NOZr. The molecule has 0 saturated carbocycles. The number of phenolic OH excluding ortho intramolecular Hbond substituents is 1. The molecule has 0 atom stereocenters. The second-order valence-corrected chi connectivity index (χ2v) is 12.9. The van der Waals surface area contributed by atoms with Gasteiger partial charge in [-0.3, -0.25) is 4.99 Å². The third-order valence-corrected chi connectivity index (χ3v) is 6.45. The van der Waals surface area contributed by atoms with Crippen LogP contribution in [0.4, 0.5) is 32.0 Å². The molecule has 0 unspecified atom stereocenters. The fourth-order valence-electron chi connectivity index (χ4n) is 4.46. The number of rotatable bonds is 5. The summed E-state index contributed by atoms with van der Waals surface area (Å²) in [5.74, 6) is -0.183. The van der Waals surface area contributed by atoms with E-state index in [0.29, 0.717) is 17.7 Å². The number of hydrogen-bond acceptors (Lipinski definition) is 2. The van der Waals surface area contributed by atoms with E-state index in [9.17, 15) is 31.4 Å². The van der Waals surface area contributed by atoms with Crippen molar-refractivity contribution in [2.75, 3.05) is 0 Å². The number of hydrogen-bond donors (Lipinski definition) is 1. The molecule has 214 valence electrons. The quantitative estimate of drug-likeness (QED) is 0.126. The molecular weight excluding hydrogens is 666 g/mol. The molecule has 0 spiro atoms. The van der Waals surface area contributed by atoms with Crippen molar-refractivity contribution in [2.45, 2.75) is 31.6 Å². The molecule has 2 nitrogen and oxygen atoms in total. The van der Waals surface area contributed by atoms with E-state index in [-0.39, 0.29) is 17.4 Å². The Kier molecular flexibility index (Phi) is 10.9. The molecule has 1 N–H and O–H groups in total. The van der Waals surface area contributed by atoms with Crippen LogP contribution in [0.5, 0.6) is 5.75 Å². The molecule has 4 aromatic carbocycles. The second kappa shape index (κ2) is 13.6. The van der Waals surface area contributed by atoms with Crippen LogP contribution in [0, 0.1) is 6.92 Å². The normalized spacial score (nSPS) is 12.1. The van der Waals surface area contributed by atoms with Crippen molar-refractivity contribution in [3.05, 3.63) is 130 Å². The van der Waals surface area contributed by atoms with Crippen LogP contribution in [-0.4, -0.2) is 11.3 Å². The molecule has 0 aliphatic carbocycles. The van der Waals surface area contributed by atoms with Gasteiger partial charge >= 0.3 is 50.2 Å². The number of aliphatic imine (C=N–C) groups is 1. The Bertz CT molecular complexity index is 1420. The van der Waals surface area contributed by atoms with Crippen LogP contribution in [0.25, 0.3) is 0 Å². The number of nitrogens with zero attached hydrogens (tertiary/aromatic N) is 1. The SMILES string of the molecule is Cc1cc(C=Nc2cc(C(F)(F)F)cc(C(F)(F)F)c2)c(O)c(C(C)(c2ccccc2)c2ccccc2)c1.[Cl][Zr][Cl]. The van der Waals surface area contributed by atoms with Gasteiger partial charge in [-0.25, -0.2) is 0 Å². The van der Waals surface area contributed by atoms with E-state index < -0.39 is 55.4 Å². The predicted octanol–water partition coefficient (Wildman–Crippen LogP) is 10.2. The summed E-state index contributed by atoms with van der Waals surface area (Å²) in [7, 11) is 9.87. The van der Waals surface area contributed by atoms with Gasteiger partial charge in [-0.1, -0.05) is 66.7 Å². The van der Waals surface area contributed by atoms with E-state index >= 15 is 0 Å². The van der Waals surface area contributed by atoms with E-state index in [0.717, 1.165) is 22.9 Å². The minimum atomic E-state index is -4.99. The Balaban J connectivity index is 0.00000147.